The van der Waals surface area contributed by atoms with Crippen molar-refractivity contribution >= 4 is 28.5 Å². The zero-order valence-corrected chi connectivity index (χ0v) is 19.2. The molecule has 0 aliphatic carbocycles. The highest BCUT2D eigenvalue weighted by Gasteiger charge is 2.25. The van der Waals surface area contributed by atoms with Gasteiger partial charge in [0.15, 0.2) is 11.5 Å². The second kappa shape index (κ2) is 9.63. The first-order valence-electron chi connectivity index (χ1n) is 11.3. The van der Waals surface area contributed by atoms with Crippen LogP contribution in [0.15, 0.2) is 49.1 Å². The monoisotopic (exact) mass is 479 g/mol. The predicted octanol–water partition coefficient (Wildman–Crippen LogP) is 3.49. The van der Waals surface area contributed by atoms with Crippen LogP contribution < -0.4 is 25.4 Å². The maximum atomic E-state index is 13.4. The second-order valence-corrected chi connectivity index (χ2v) is 8.47. The highest BCUT2D eigenvalue weighted by molar-refractivity contribution is 6.07. The highest BCUT2D eigenvalue weighted by Crippen LogP contribution is 2.40. The largest absolute Gasteiger partial charge is 0.493 e. The Balaban J connectivity index is 1.34. The van der Waals surface area contributed by atoms with Crippen LogP contribution in [-0.2, 0) is 6.54 Å². The number of pyridine rings is 1. The van der Waals surface area contributed by atoms with Gasteiger partial charge in [0.25, 0.3) is 0 Å². The van der Waals surface area contributed by atoms with Crippen LogP contribution in [0.25, 0.3) is 11.0 Å². The molecule has 4 N–H and O–H groups in total. The molecule has 11 heteroatoms. The summed E-state index contributed by atoms with van der Waals surface area (Å²) in [5.41, 5.74) is 8.91. The Kier molecular flexibility index (Phi) is 6.23. The number of methoxy groups -OCH3 is 1. The highest BCUT2D eigenvalue weighted by atomic mass is 19.1. The van der Waals surface area contributed by atoms with Crippen molar-refractivity contribution in [3.63, 3.8) is 0 Å². The van der Waals surface area contributed by atoms with Crippen LogP contribution in [0.4, 0.5) is 20.6 Å². The van der Waals surface area contributed by atoms with Gasteiger partial charge in [-0.1, -0.05) is 12.1 Å². The number of nitrogens with one attached hydrogen (secondary N) is 2. The topological polar surface area (TPSA) is 123 Å². The number of piperidine rings is 1. The molecule has 1 fully saturated rings. The number of aromatic amines is 1. The number of carbonyl (C=O) groups is 1. The van der Waals surface area contributed by atoms with Gasteiger partial charge >= 0.3 is 6.09 Å². The van der Waals surface area contributed by atoms with Gasteiger partial charge in [-0.25, -0.2) is 14.2 Å². The number of aromatic nitrogens is 4. The molecule has 4 heterocycles. The first kappa shape index (κ1) is 22.7. The number of ether oxygens (including phenoxy) is 2. The number of benzene rings is 1. The number of fused-ring (bicyclic) bond motifs is 1. The SMILES string of the molecule is COc1cnc2[nH]cc(NC(=O)Oc3cnn(Cc4cccc(F)c4)c3)c2c1N1CCC[C@@H](N)C1. The van der Waals surface area contributed by atoms with E-state index >= 15 is 0 Å². The third-order valence-corrected chi connectivity index (χ3v) is 5.92. The first-order chi connectivity index (χ1) is 17.0. The van der Waals surface area contributed by atoms with Gasteiger partial charge in [0.1, 0.15) is 11.5 Å². The molecule has 0 spiro atoms. The van der Waals surface area contributed by atoms with Crippen molar-refractivity contribution in [2.75, 3.05) is 30.4 Å². The number of H-pyrrole nitrogens is 1. The van der Waals surface area contributed by atoms with Gasteiger partial charge in [-0.15, -0.1) is 0 Å². The minimum absolute atomic E-state index is 0.0564. The molecule has 1 aromatic carbocycles. The van der Waals surface area contributed by atoms with Gasteiger partial charge in [0.2, 0.25) is 0 Å². The van der Waals surface area contributed by atoms with Crippen molar-refractivity contribution in [2.45, 2.75) is 25.4 Å². The molecular weight excluding hydrogens is 453 g/mol. The Bertz CT molecular complexity index is 1350. The molecule has 4 aromatic rings. The van der Waals surface area contributed by atoms with E-state index in [0.29, 0.717) is 30.2 Å². The van der Waals surface area contributed by atoms with Gasteiger partial charge in [0.05, 0.1) is 49.0 Å². The number of amides is 1. The first-order valence-corrected chi connectivity index (χ1v) is 11.3. The molecule has 0 unspecified atom stereocenters. The normalized spacial score (nSPS) is 15.9. The summed E-state index contributed by atoms with van der Waals surface area (Å²) in [7, 11) is 1.59. The van der Waals surface area contributed by atoms with E-state index in [9.17, 15) is 9.18 Å². The number of rotatable bonds is 6. The van der Waals surface area contributed by atoms with Crippen LogP contribution in [0.5, 0.6) is 11.5 Å². The van der Waals surface area contributed by atoms with E-state index in [-0.39, 0.29) is 17.6 Å². The molecule has 182 valence electrons. The van der Waals surface area contributed by atoms with Crippen molar-refractivity contribution in [1.82, 2.24) is 19.7 Å². The van der Waals surface area contributed by atoms with Gasteiger partial charge in [-0.05, 0) is 30.5 Å². The zero-order chi connectivity index (χ0) is 24.4. The lowest BCUT2D eigenvalue weighted by Gasteiger charge is -2.34. The Morgan fingerprint density at radius 3 is 3.06 bits per heavy atom. The Labute approximate surface area is 200 Å². The fourth-order valence-electron chi connectivity index (χ4n) is 4.39. The summed E-state index contributed by atoms with van der Waals surface area (Å²) in [5.74, 6) is 0.541. The Morgan fingerprint density at radius 2 is 2.26 bits per heavy atom. The zero-order valence-electron chi connectivity index (χ0n) is 19.2. The molecule has 0 saturated carbocycles. The van der Waals surface area contributed by atoms with Crippen molar-refractivity contribution in [1.29, 1.82) is 0 Å². The molecule has 1 saturated heterocycles. The molecular formula is C24H26FN7O3. The van der Waals surface area contributed by atoms with E-state index in [0.717, 1.165) is 36.0 Å². The van der Waals surface area contributed by atoms with Crippen molar-refractivity contribution in [3.05, 3.63) is 60.4 Å². The van der Waals surface area contributed by atoms with E-state index in [4.69, 9.17) is 15.2 Å². The molecule has 1 atom stereocenters. The third-order valence-electron chi connectivity index (χ3n) is 5.92. The number of hydrogen-bond acceptors (Lipinski definition) is 7. The molecule has 0 bridgehead atoms. The van der Waals surface area contributed by atoms with Crippen LogP contribution in [0, 0.1) is 5.82 Å². The molecule has 1 aliphatic rings. The van der Waals surface area contributed by atoms with E-state index in [1.807, 2.05) is 0 Å². The fourth-order valence-corrected chi connectivity index (χ4v) is 4.39. The second-order valence-electron chi connectivity index (χ2n) is 8.47. The number of halogens is 1. The van der Waals surface area contributed by atoms with Crippen molar-refractivity contribution in [2.24, 2.45) is 5.73 Å². The van der Waals surface area contributed by atoms with Crippen LogP contribution in [0.3, 0.4) is 0 Å². The molecule has 5 rings (SSSR count). The standard InChI is InChI=1S/C24H26FN7O3/c1-34-20-11-28-23-21(22(20)31-7-3-6-17(26)13-31)19(10-27-23)30-24(33)35-18-9-29-32(14-18)12-15-4-2-5-16(25)8-15/h2,4-5,8-11,14,17H,3,6-7,12-13,26H2,1H3,(H,27,28)(H,30,33)/t17-/m1/s1. The summed E-state index contributed by atoms with van der Waals surface area (Å²) < 4.78 is 26.0. The summed E-state index contributed by atoms with van der Waals surface area (Å²) in [5, 5.41) is 7.69. The third kappa shape index (κ3) is 4.90. The summed E-state index contributed by atoms with van der Waals surface area (Å²) in [6, 6.07) is 6.30. The molecule has 0 radical (unpaired) electrons. The van der Waals surface area contributed by atoms with Crippen LogP contribution in [0.2, 0.25) is 0 Å². The van der Waals surface area contributed by atoms with Crippen LogP contribution in [0.1, 0.15) is 18.4 Å². The smallest absolute Gasteiger partial charge is 0.417 e. The summed E-state index contributed by atoms with van der Waals surface area (Å²) in [6.45, 7) is 1.84. The number of nitrogens with zero attached hydrogens (tertiary/aromatic N) is 4. The minimum atomic E-state index is -0.680. The molecule has 10 nitrogen and oxygen atoms in total. The quantitative estimate of drug-likeness (QED) is 0.387. The lowest BCUT2D eigenvalue weighted by Crippen LogP contribution is -2.43. The lowest BCUT2D eigenvalue weighted by atomic mass is 10.0. The van der Waals surface area contributed by atoms with Gasteiger partial charge in [-0.2, -0.15) is 5.10 Å². The number of nitrogens with two attached hydrogens (primary N) is 1. The van der Waals surface area contributed by atoms with E-state index in [2.05, 4.69) is 25.3 Å². The van der Waals surface area contributed by atoms with E-state index in [1.54, 1.807) is 42.5 Å². The molecule has 3 aromatic heterocycles. The van der Waals surface area contributed by atoms with Crippen LogP contribution >= 0.6 is 0 Å². The summed E-state index contributed by atoms with van der Waals surface area (Å²) >= 11 is 0. The Hall–Kier alpha value is -4.12. The van der Waals surface area contributed by atoms with Gasteiger partial charge in [0, 0.05) is 25.3 Å². The Morgan fingerprint density at radius 1 is 1.37 bits per heavy atom. The maximum Gasteiger partial charge on any atom is 0.417 e. The van der Waals surface area contributed by atoms with E-state index in [1.165, 1.54) is 18.3 Å². The molecule has 1 aliphatic heterocycles. The van der Waals surface area contributed by atoms with Gasteiger partial charge < -0.3 is 25.1 Å². The number of carbonyl (C=O) groups excluding carboxylic acids is 1. The number of anilines is 2. The molecule has 35 heavy (non-hydrogen) atoms. The molecule has 1 amide bonds. The summed E-state index contributed by atoms with van der Waals surface area (Å²) in [6.07, 6.45) is 7.57. The lowest BCUT2D eigenvalue weighted by molar-refractivity contribution is 0.215. The van der Waals surface area contributed by atoms with Crippen molar-refractivity contribution in [3.8, 4) is 11.5 Å². The fraction of sp³-hybridized carbons (Fsp3) is 0.292. The minimum Gasteiger partial charge on any atom is -0.493 e. The average Bonchev–Trinajstić information content (AvgIpc) is 3.45. The summed E-state index contributed by atoms with van der Waals surface area (Å²) in [4.78, 5) is 22.4. The van der Waals surface area contributed by atoms with E-state index < -0.39 is 6.09 Å². The maximum absolute atomic E-state index is 13.4. The van der Waals surface area contributed by atoms with Gasteiger partial charge in [-0.3, -0.25) is 10.00 Å². The van der Waals surface area contributed by atoms with Crippen LogP contribution in [-0.4, -0.2) is 52.1 Å². The predicted molar refractivity (Wildman–Crippen MR) is 129 cm³/mol. The number of hydrogen-bond donors (Lipinski definition) is 3. The van der Waals surface area contributed by atoms with Crippen molar-refractivity contribution < 1.29 is 18.7 Å². The average molecular weight is 480 g/mol.